The summed E-state index contributed by atoms with van der Waals surface area (Å²) in [5, 5.41) is 12.4. The van der Waals surface area contributed by atoms with Gasteiger partial charge in [0.1, 0.15) is 11.8 Å². The third kappa shape index (κ3) is 3.71. The number of nitrogens with one attached hydrogen (secondary N) is 1. The fourth-order valence-electron chi connectivity index (χ4n) is 1.57. The van der Waals surface area contributed by atoms with Crippen LogP contribution >= 0.6 is 15.9 Å². The summed E-state index contributed by atoms with van der Waals surface area (Å²) in [4.78, 5) is 11.3. The van der Waals surface area contributed by atoms with Gasteiger partial charge in [-0.2, -0.15) is 0 Å². The van der Waals surface area contributed by atoms with E-state index < -0.39 is 12.0 Å². The lowest BCUT2D eigenvalue weighted by molar-refractivity contribution is -0.139. The van der Waals surface area contributed by atoms with Gasteiger partial charge in [-0.25, -0.2) is 0 Å². The molecule has 100 valence electrons. The Morgan fingerprint density at radius 1 is 1.56 bits per heavy atom. The van der Waals surface area contributed by atoms with Crippen LogP contribution in [-0.2, 0) is 4.79 Å². The molecule has 0 spiro atoms. The molecule has 1 rings (SSSR count). The molecule has 1 aromatic carbocycles. The molecule has 0 aliphatic rings. The third-order valence-electron chi connectivity index (χ3n) is 2.82. The highest BCUT2D eigenvalue weighted by Gasteiger charge is 2.21. The van der Waals surface area contributed by atoms with Crippen LogP contribution in [0.4, 0.5) is 0 Å². The zero-order chi connectivity index (χ0) is 13.7. The van der Waals surface area contributed by atoms with Gasteiger partial charge >= 0.3 is 5.97 Å². The molecule has 0 aliphatic carbocycles. The molecule has 0 aromatic heterocycles. The molecule has 0 saturated carbocycles. The molecule has 0 radical (unpaired) electrons. The third-order valence-corrected chi connectivity index (χ3v) is 3.44. The van der Waals surface area contributed by atoms with E-state index in [1.807, 2.05) is 13.8 Å². The lowest BCUT2D eigenvalue weighted by atomic mass is 10.1. The van der Waals surface area contributed by atoms with Gasteiger partial charge in [0.05, 0.1) is 11.6 Å². The average Bonchev–Trinajstić information content (AvgIpc) is 2.35. The number of carboxylic acids is 1. The average molecular weight is 316 g/mol. The lowest BCUT2D eigenvalue weighted by Crippen LogP contribution is -2.34. The Balaban J connectivity index is 2.99. The number of benzene rings is 1. The number of methoxy groups -OCH3 is 1. The van der Waals surface area contributed by atoms with Crippen LogP contribution < -0.4 is 10.1 Å². The van der Waals surface area contributed by atoms with E-state index in [9.17, 15) is 9.90 Å². The van der Waals surface area contributed by atoms with Crippen LogP contribution in [-0.4, -0.2) is 24.2 Å². The Bertz CT molecular complexity index is 423. The van der Waals surface area contributed by atoms with Crippen molar-refractivity contribution in [2.75, 3.05) is 7.11 Å². The zero-order valence-corrected chi connectivity index (χ0v) is 12.3. The molecule has 2 N–H and O–H groups in total. The van der Waals surface area contributed by atoms with Crippen molar-refractivity contribution < 1.29 is 14.6 Å². The van der Waals surface area contributed by atoms with Crippen LogP contribution in [0.3, 0.4) is 0 Å². The number of ether oxygens (including phenoxy) is 1. The van der Waals surface area contributed by atoms with Crippen molar-refractivity contribution in [2.45, 2.75) is 32.4 Å². The molecule has 0 fully saturated rings. The van der Waals surface area contributed by atoms with Gasteiger partial charge in [-0.15, -0.1) is 0 Å². The SMILES string of the molecule is CCC(C)NC(C(=O)O)c1ccc(OC)c(Br)c1. The van der Waals surface area contributed by atoms with E-state index in [4.69, 9.17) is 4.74 Å². The van der Waals surface area contributed by atoms with Gasteiger partial charge in [0.2, 0.25) is 0 Å². The van der Waals surface area contributed by atoms with Crippen LogP contribution in [0.25, 0.3) is 0 Å². The maximum Gasteiger partial charge on any atom is 0.325 e. The van der Waals surface area contributed by atoms with Gasteiger partial charge < -0.3 is 9.84 Å². The maximum atomic E-state index is 11.3. The second kappa shape index (κ2) is 6.75. The predicted molar refractivity (Wildman–Crippen MR) is 74.0 cm³/mol. The number of carbonyl (C=O) groups is 1. The minimum Gasteiger partial charge on any atom is -0.496 e. The molecular formula is C13H18BrNO3. The Morgan fingerprint density at radius 3 is 2.67 bits per heavy atom. The van der Waals surface area contributed by atoms with Gasteiger partial charge in [-0.3, -0.25) is 10.1 Å². The number of hydrogen-bond acceptors (Lipinski definition) is 3. The summed E-state index contributed by atoms with van der Waals surface area (Å²) >= 11 is 3.36. The number of hydrogen-bond donors (Lipinski definition) is 2. The van der Waals surface area contributed by atoms with Crippen LogP contribution in [0.5, 0.6) is 5.75 Å². The van der Waals surface area contributed by atoms with Crippen molar-refractivity contribution in [2.24, 2.45) is 0 Å². The normalized spacial score (nSPS) is 14.0. The summed E-state index contributed by atoms with van der Waals surface area (Å²) < 4.78 is 5.88. The Labute approximate surface area is 115 Å². The van der Waals surface area contributed by atoms with Gasteiger partial charge in [0.25, 0.3) is 0 Å². The lowest BCUT2D eigenvalue weighted by Gasteiger charge is -2.20. The predicted octanol–water partition coefficient (Wildman–Crippen LogP) is 2.97. The van der Waals surface area contributed by atoms with Crippen molar-refractivity contribution in [1.29, 1.82) is 0 Å². The topological polar surface area (TPSA) is 58.6 Å². The molecule has 2 atom stereocenters. The molecule has 0 saturated heterocycles. The maximum absolute atomic E-state index is 11.3. The van der Waals surface area contributed by atoms with Gasteiger partial charge in [-0.05, 0) is 47.0 Å². The van der Waals surface area contributed by atoms with Crippen LogP contribution in [0.1, 0.15) is 31.9 Å². The highest BCUT2D eigenvalue weighted by atomic mass is 79.9. The molecule has 0 bridgehead atoms. The van der Waals surface area contributed by atoms with E-state index in [2.05, 4.69) is 21.2 Å². The van der Waals surface area contributed by atoms with Crippen molar-refractivity contribution in [3.05, 3.63) is 28.2 Å². The Kier molecular flexibility index (Phi) is 5.62. The highest BCUT2D eigenvalue weighted by molar-refractivity contribution is 9.10. The van der Waals surface area contributed by atoms with E-state index in [1.165, 1.54) is 0 Å². The monoisotopic (exact) mass is 315 g/mol. The Morgan fingerprint density at radius 2 is 2.22 bits per heavy atom. The van der Waals surface area contributed by atoms with Gasteiger partial charge in [0, 0.05) is 6.04 Å². The quantitative estimate of drug-likeness (QED) is 0.847. The summed E-state index contributed by atoms with van der Waals surface area (Å²) in [6.45, 7) is 3.98. The van der Waals surface area contributed by atoms with Crippen molar-refractivity contribution in [1.82, 2.24) is 5.32 Å². The number of halogens is 1. The molecule has 5 heteroatoms. The minimum absolute atomic E-state index is 0.145. The van der Waals surface area contributed by atoms with E-state index in [0.717, 1.165) is 10.9 Å². The fourth-order valence-corrected chi connectivity index (χ4v) is 2.13. The van der Waals surface area contributed by atoms with Gasteiger partial charge in [0.15, 0.2) is 0 Å². The molecule has 1 aromatic rings. The summed E-state index contributed by atoms with van der Waals surface area (Å²) in [5.41, 5.74) is 0.704. The smallest absolute Gasteiger partial charge is 0.325 e. The van der Waals surface area contributed by atoms with E-state index in [0.29, 0.717) is 11.3 Å². The minimum atomic E-state index is -0.882. The number of carboxylic acid groups (broad SMARTS) is 1. The fraction of sp³-hybridized carbons (Fsp3) is 0.462. The highest BCUT2D eigenvalue weighted by Crippen LogP contribution is 2.28. The summed E-state index contributed by atoms with van der Waals surface area (Å²) in [6, 6.07) is 4.73. The van der Waals surface area contributed by atoms with Crippen molar-refractivity contribution in [3.63, 3.8) is 0 Å². The van der Waals surface area contributed by atoms with Crippen LogP contribution in [0.15, 0.2) is 22.7 Å². The van der Waals surface area contributed by atoms with E-state index in [-0.39, 0.29) is 6.04 Å². The standard InChI is InChI=1S/C13H18BrNO3/c1-4-8(2)15-12(13(16)17)9-5-6-11(18-3)10(14)7-9/h5-8,12,15H,4H2,1-3H3,(H,16,17). The largest absolute Gasteiger partial charge is 0.496 e. The van der Waals surface area contributed by atoms with Gasteiger partial charge in [-0.1, -0.05) is 13.0 Å². The van der Waals surface area contributed by atoms with E-state index in [1.54, 1.807) is 25.3 Å². The Hall–Kier alpha value is -1.07. The summed E-state index contributed by atoms with van der Waals surface area (Å²) in [6.07, 6.45) is 0.876. The van der Waals surface area contributed by atoms with Crippen molar-refractivity contribution >= 4 is 21.9 Å². The van der Waals surface area contributed by atoms with Crippen LogP contribution in [0.2, 0.25) is 0 Å². The zero-order valence-electron chi connectivity index (χ0n) is 10.7. The van der Waals surface area contributed by atoms with Crippen LogP contribution in [0, 0.1) is 0 Å². The first-order chi connectivity index (χ1) is 8.49. The molecule has 0 heterocycles. The summed E-state index contributed by atoms with van der Waals surface area (Å²) in [7, 11) is 1.58. The molecular weight excluding hydrogens is 298 g/mol. The van der Waals surface area contributed by atoms with Crippen molar-refractivity contribution in [3.8, 4) is 5.75 Å². The molecule has 18 heavy (non-hydrogen) atoms. The first-order valence-corrected chi connectivity index (χ1v) is 6.61. The first-order valence-electron chi connectivity index (χ1n) is 5.81. The molecule has 4 nitrogen and oxygen atoms in total. The molecule has 0 aliphatic heterocycles. The second-order valence-electron chi connectivity index (χ2n) is 4.14. The second-order valence-corrected chi connectivity index (χ2v) is 5.00. The summed E-state index contributed by atoms with van der Waals surface area (Å²) in [5.74, 6) is -0.196. The molecule has 0 amide bonds. The number of rotatable bonds is 6. The van der Waals surface area contributed by atoms with E-state index >= 15 is 0 Å². The number of aliphatic carboxylic acids is 1. The molecule has 2 unspecified atom stereocenters. The first kappa shape index (κ1) is 15.0.